The van der Waals surface area contributed by atoms with Crippen molar-refractivity contribution in [2.45, 2.75) is 0 Å². The molecule has 0 saturated carbocycles. The van der Waals surface area contributed by atoms with Crippen LogP contribution in [0.15, 0.2) is 30.3 Å². The Morgan fingerprint density at radius 1 is 1.15 bits per heavy atom. The van der Waals surface area contributed by atoms with Crippen LogP contribution in [-0.2, 0) is 9.47 Å². The molecule has 0 aromatic heterocycles. The SMILES string of the molecule is COC(=O)OC(=O)c1ccccc1. The van der Waals surface area contributed by atoms with Crippen LogP contribution in [0.25, 0.3) is 0 Å². The summed E-state index contributed by atoms with van der Waals surface area (Å²) in [4.78, 5) is 21.6. The van der Waals surface area contributed by atoms with E-state index < -0.39 is 12.1 Å². The quantitative estimate of drug-likeness (QED) is 0.486. The molecule has 0 radical (unpaired) electrons. The normalized spacial score (nSPS) is 9.00. The molecule has 0 heterocycles. The zero-order chi connectivity index (χ0) is 9.68. The second-order valence-electron chi connectivity index (χ2n) is 2.21. The molecule has 0 bridgehead atoms. The maximum Gasteiger partial charge on any atom is 0.516 e. The van der Waals surface area contributed by atoms with Crippen molar-refractivity contribution in [2.24, 2.45) is 0 Å². The van der Waals surface area contributed by atoms with Crippen molar-refractivity contribution in [3.63, 3.8) is 0 Å². The molecule has 0 fully saturated rings. The number of carbonyl (C=O) groups excluding carboxylic acids is 2. The summed E-state index contributed by atoms with van der Waals surface area (Å²) in [5.74, 6) is -0.715. The lowest BCUT2D eigenvalue weighted by Crippen LogP contribution is -2.11. The van der Waals surface area contributed by atoms with Crippen LogP contribution in [0.5, 0.6) is 0 Å². The number of hydrogen-bond acceptors (Lipinski definition) is 4. The van der Waals surface area contributed by atoms with Gasteiger partial charge in [0.05, 0.1) is 12.7 Å². The minimum atomic E-state index is -1.01. The predicted molar refractivity (Wildman–Crippen MR) is 44.3 cm³/mol. The van der Waals surface area contributed by atoms with Gasteiger partial charge in [-0.1, -0.05) is 18.2 Å². The van der Waals surface area contributed by atoms with Gasteiger partial charge in [-0.05, 0) is 12.1 Å². The van der Waals surface area contributed by atoms with Gasteiger partial charge in [-0.25, -0.2) is 9.59 Å². The molecular weight excluding hydrogens is 172 g/mol. The first-order chi connectivity index (χ1) is 6.24. The third-order valence-corrected chi connectivity index (χ3v) is 1.35. The molecule has 0 aliphatic heterocycles. The highest BCUT2D eigenvalue weighted by atomic mass is 16.7. The Labute approximate surface area is 75.1 Å². The molecule has 0 aliphatic carbocycles. The average molecular weight is 180 g/mol. The molecule has 1 aromatic carbocycles. The molecule has 0 amide bonds. The second-order valence-corrected chi connectivity index (χ2v) is 2.21. The van der Waals surface area contributed by atoms with Crippen LogP contribution >= 0.6 is 0 Å². The van der Waals surface area contributed by atoms with E-state index in [1.54, 1.807) is 30.3 Å². The summed E-state index contributed by atoms with van der Waals surface area (Å²) >= 11 is 0. The molecule has 0 saturated heterocycles. The van der Waals surface area contributed by atoms with E-state index in [-0.39, 0.29) is 0 Å². The number of rotatable bonds is 1. The Morgan fingerprint density at radius 2 is 1.77 bits per heavy atom. The maximum atomic E-state index is 11.1. The van der Waals surface area contributed by atoms with E-state index >= 15 is 0 Å². The molecule has 4 heteroatoms. The minimum Gasteiger partial charge on any atom is -0.437 e. The van der Waals surface area contributed by atoms with Crippen LogP contribution in [0, 0.1) is 0 Å². The largest absolute Gasteiger partial charge is 0.516 e. The molecular formula is C9H8O4. The first-order valence-corrected chi connectivity index (χ1v) is 3.59. The summed E-state index contributed by atoms with van der Waals surface area (Å²) < 4.78 is 8.45. The summed E-state index contributed by atoms with van der Waals surface area (Å²) in [6.07, 6.45) is -1.01. The van der Waals surface area contributed by atoms with Gasteiger partial charge < -0.3 is 9.47 Å². The van der Waals surface area contributed by atoms with Crippen LogP contribution in [0.2, 0.25) is 0 Å². The highest BCUT2D eigenvalue weighted by Crippen LogP contribution is 2.01. The van der Waals surface area contributed by atoms with Crippen LogP contribution in [0.3, 0.4) is 0 Å². The fourth-order valence-corrected chi connectivity index (χ4v) is 0.751. The Kier molecular flexibility index (Phi) is 3.03. The number of methoxy groups -OCH3 is 1. The lowest BCUT2D eigenvalue weighted by atomic mass is 10.2. The van der Waals surface area contributed by atoms with Gasteiger partial charge in [0, 0.05) is 0 Å². The molecule has 0 aliphatic rings. The van der Waals surface area contributed by atoms with Crippen molar-refractivity contribution in [2.75, 3.05) is 7.11 Å². The lowest BCUT2D eigenvalue weighted by Gasteiger charge is -1.99. The van der Waals surface area contributed by atoms with Gasteiger partial charge >= 0.3 is 12.1 Å². The van der Waals surface area contributed by atoms with E-state index in [4.69, 9.17) is 0 Å². The molecule has 1 aromatic rings. The summed E-state index contributed by atoms with van der Waals surface area (Å²) in [6, 6.07) is 8.20. The molecule has 0 N–H and O–H groups in total. The zero-order valence-corrected chi connectivity index (χ0v) is 7.02. The number of carbonyl (C=O) groups is 2. The van der Waals surface area contributed by atoms with Gasteiger partial charge in [-0.3, -0.25) is 0 Å². The van der Waals surface area contributed by atoms with Gasteiger partial charge in [-0.15, -0.1) is 0 Å². The third kappa shape index (κ3) is 2.59. The smallest absolute Gasteiger partial charge is 0.437 e. The fourth-order valence-electron chi connectivity index (χ4n) is 0.751. The monoisotopic (exact) mass is 180 g/mol. The van der Waals surface area contributed by atoms with Crippen LogP contribution in [-0.4, -0.2) is 19.2 Å². The molecule has 4 nitrogen and oxygen atoms in total. The number of ether oxygens (including phenoxy) is 2. The molecule has 0 unspecified atom stereocenters. The summed E-state index contributed by atoms with van der Waals surface area (Å²) in [5.41, 5.74) is 0.313. The predicted octanol–water partition coefficient (Wildman–Crippen LogP) is 1.61. The van der Waals surface area contributed by atoms with E-state index in [1.807, 2.05) is 0 Å². The Balaban J connectivity index is 2.65. The third-order valence-electron chi connectivity index (χ3n) is 1.35. The Bertz CT molecular complexity index is 305. The number of hydrogen-bond donors (Lipinski definition) is 0. The van der Waals surface area contributed by atoms with Crippen molar-refractivity contribution in [1.82, 2.24) is 0 Å². The van der Waals surface area contributed by atoms with Gasteiger partial charge in [-0.2, -0.15) is 0 Å². The topological polar surface area (TPSA) is 52.6 Å². The lowest BCUT2D eigenvalue weighted by molar-refractivity contribution is 0.0452. The molecule has 0 atom stereocenters. The van der Waals surface area contributed by atoms with E-state index in [1.165, 1.54) is 0 Å². The minimum absolute atomic E-state index is 0.313. The zero-order valence-electron chi connectivity index (χ0n) is 7.02. The average Bonchev–Trinajstić information content (AvgIpc) is 2.19. The maximum absolute atomic E-state index is 11.1. The first-order valence-electron chi connectivity index (χ1n) is 3.59. The molecule has 0 spiro atoms. The molecule has 1 rings (SSSR count). The standard InChI is InChI=1S/C9H8O4/c1-12-9(11)13-8(10)7-5-3-2-4-6-7/h2-6H,1H3. The Hall–Kier alpha value is -1.84. The van der Waals surface area contributed by atoms with Crippen molar-refractivity contribution >= 4 is 12.1 Å². The van der Waals surface area contributed by atoms with Crippen LogP contribution in [0.4, 0.5) is 4.79 Å². The molecule has 68 valence electrons. The number of esters is 1. The van der Waals surface area contributed by atoms with Crippen molar-refractivity contribution in [3.8, 4) is 0 Å². The van der Waals surface area contributed by atoms with E-state index in [0.29, 0.717) is 5.56 Å². The van der Waals surface area contributed by atoms with Crippen molar-refractivity contribution in [3.05, 3.63) is 35.9 Å². The van der Waals surface area contributed by atoms with Crippen molar-refractivity contribution < 1.29 is 19.1 Å². The highest BCUT2D eigenvalue weighted by molar-refractivity contribution is 5.95. The fraction of sp³-hybridized carbons (Fsp3) is 0.111. The van der Waals surface area contributed by atoms with Gasteiger partial charge in [0.15, 0.2) is 0 Å². The summed E-state index contributed by atoms with van der Waals surface area (Å²) in [7, 11) is 1.14. The second kappa shape index (κ2) is 4.25. The van der Waals surface area contributed by atoms with E-state index in [9.17, 15) is 9.59 Å². The highest BCUT2D eigenvalue weighted by Gasteiger charge is 2.11. The van der Waals surface area contributed by atoms with Crippen LogP contribution < -0.4 is 0 Å². The van der Waals surface area contributed by atoms with Gasteiger partial charge in [0.1, 0.15) is 0 Å². The van der Waals surface area contributed by atoms with Gasteiger partial charge in [0.2, 0.25) is 0 Å². The van der Waals surface area contributed by atoms with E-state index in [2.05, 4.69) is 9.47 Å². The first kappa shape index (κ1) is 9.25. The van der Waals surface area contributed by atoms with Crippen molar-refractivity contribution in [1.29, 1.82) is 0 Å². The molecule has 13 heavy (non-hydrogen) atoms. The number of benzene rings is 1. The van der Waals surface area contributed by atoms with Crippen LogP contribution in [0.1, 0.15) is 10.4 Å². The summed E-state index contributed by atoms with van der Waals surface area (Å²) in [6.45, 7) is 0. The van der Waals surface area contributed by atoms with E-state index in [0.717, 1.165) is 7.11 Å². The summed E-state index contributed by atoms with van der Waals surface area (Å²) in [5, 5.41) is 0. The Morgan fingerprint density at radius 3 is 2.31 bits per heavy atom. The van der Waals surface area contributed by atoms with Gasteiger partial charge in [0.25, 0.3) is 0 Å².